The molecule has 0 spiro atoms. The number of nitrogens with zero attached hydrogens (tertiary/aromatic N) is 1. The Morgan fingerprint density at radius 3 is 1.95 bits per heavy atom. The fourth-order valence-electron chi connectivity index (χ4n) is 5.05. The fraction of sp³-hybridized carbons (Fsp3) is 0.310. The van der Waals surface area contributed by atoms with Crippen molar-refractivity contribution in [3.8, 4) is 0 Å². The number of benzene rings is 3. The zero-order valence-corrected chi connectivity index (χ0v) is 23.1. The Morgan fingerprint density at radius 1 is 0.947 bits per heavy atom. The Bertz CT molecular complexity index is 1380. The molecule has 0 saturated carbocycles. The number of amides is 3. The van der Waals surface area contributed by atoms with Crippen molar-refractivity contribution in [2.75, 3.05) is 6.54 Å². The van der Waals surface area contributed by atoms with E-state index in [2.05, 4.69) is 16.0 Å². The van der Waals surface area contributed by atoms with E-state index in [1.54, 1.807) is 39.8 Å². The summed E-state index contributed by atoms with van der Waals surface area (Å²) in [5.41, 5.74) is 2.97. The van der Waals surface area contributed by atoms with E-state index in [9.17, 15) is 18.0 Å². The van der Waals surface area contributed by atoms with E-state index < -0.39 is 39.7 Å². The molecule has 1 heterocycles. The molecule has 3 aromatic carbocycles. The van der Waals surface area contributed by atoms with Gasteiger partial charge in [-0.25, -0.2) is 13.2 Å². The number of hydrogen-bond acceptors (Lipinski definition) is 4. The van der Waals surface area contributed by atoms with Crippen LogP contribution in [0.1, 0.15) is 47.7 Å². The zero-order valence-electron chi connectivity index (χ0n) is 22.3. The van der Waals surface area contributed by atoms with Crippen molar-refractivity contribution in [2.24, 2.45) is 0 Å². The molecule has 0 aromatic heterocycles. The second-order valence-corrected chi connectivity index (χ2v) is 12.3. The van der Waals surface area contributed by atoms with E-state index in [1.807, 2.05) is 67.6 Å². The maximum absolute atomic E-state index is 14.0. The molecular formula is C29H34N4O4S. The van der Waals surface area contributed by atoms with E-state index in [-0.39, 0.29) is 11.4 Å². The first-order valence-corrected chi connectivity index (χ1v) is 13.9. The summed E-state index contributed by atoms with van der Waals surface area (Å²) in [4.78, 5) is 26.7. The summed E-state index contributed by atoms with van der Waals surface area (Å²) in [5, 5.41) is 8.40. The lowest BCUT2D eigenvalue weighted by atomic mass is 9.99. The molecule has 0 radical (unpaired) electrons. The predicted octanol–water partition coefficient (Wildman–Crippen LogP) is 3.93. The number of aryl methyl sites for hydroxylation is 3. The number of nitrogens with one attached hydrogen (secondary N) is 3. The molecule has 1 aliphatic rings. The minimum absolute atomic E-state index is 0.0143. The lowest BCUT2D eigenvalue weighted by molar-refractivity contribution is -0.130. The van der Waals surface area contributed by atoms with Crippen molar-refractivity contribution < 1.29 is 18.0 Å². The topological polar surface area (TPSA) is 108 Å². The Balaban J connectivity index is 1.67. The highest BCUT2D eigenvalue weighted by Gasteiger charge is 2.46. The van der Waals surface area contributed by atoms with Crippen LogP contribution in [0.5, 0.6) is 0 Å². The van der Waals surface area contributed by atoms with Gasteiger partial charge in [0, 0.05) is 12.1 Å². The summed E-state index contributed by atoms with van der Waals surface area (Å²) < 4.78 is 29.1. The van der Waals surface area contributed by atoms with Crippen LogP contribution in [-0.4, -0.2) is 42.9 Å². The van der Waals surface area contributed by atoms with Crippen molar-refractivity contribution in [1.29, 1.82) is 0 Å². The van der Waals surface area contributed by atoms with Gasteiger partial charge in [-0.3, -0.25) is 4.79 Å². The molecule has 0 aliphatic carbocycles. The highest BCUT2D eigenvalue weighted by Crippen LogP contribution is 2.29. The quantitative estimate of drug-likeness (QED) is 0.445. The molecule has 3 amide bonds. The molecule has 3 N–H and O–H groups in total. The van der Waals surface area contributed by atoms with E-state index in [0.717, 1.165) is 21.0 Å². The zero-order chi connectivity index (χ0) is 27.7. The summed E-state index contributed by atoms with van der Waals surface area (Å²) in [7, 11) is -4.14. The molecule has 1 atom stereocenters. The van der Waals surface area contributed by atoms with Crippen molar-refractivity contribution in [3.05, 3.63) is 101 Å². The van der Waals surface area contributed by atoms with Crippen LogP contribution < -0.4 is 16.0 Å². The Hall–Kier alpha value is -3.69. The average Bonchev–Trinajstić information content (AvgIpc) is 2.84. The van der Waals surface area contributed by atoms with Crippen LogP contribution in [0, 0.1) is 20.8 Å². The third-order valence-corrected chi connectivity index (χ3v) is 8.65. The van der Waals surface area contributed by atoms with Gasteiger partial charge in [0.2, 0.25) is 10.0 Å². The van der Waals surface area contributed by atoms with Gasteiger partial charge in [-0.2, -0.15) is 4.31 Å². The maximum atomic E-state index is 14.0. The number of rotatable bonds is 6. The third-order valence-electron chi connectivity index (χ3n) is 6.53. The van der Waals surface area contributed by atoms with E-state index in [0.29, 0.717) is 11.1 Å². The van der Waals surface area contributed by atoms with Gasteiger partial charge in [-0.1, -0.05) is 78.4 Å². The number of urea groups is 1. The number of piperazine rings is 1. The molecular weight excluding hydrogens is 500 g/mol. The first-order valence-electron chi connectivity index (χ1n) is 12.5. The van der Waals surface area contributed by atoms with E-state index >= 15 is 0 Å². The van der Waals surface area contributed by atoms with E-state index in [4.69, 9.17) is 0 Å². The third kappa shape index (κ3) is 5.74. The van der Waals surface area contributed by atoms with Gasteiger partial charge < -0.3 is 16.0 Å². The summed E-state index contributed by atoms with van der Waals surface area (Å²) in [5.74, 6) is -0.599. The van der Waals surface area contributed by atoms with Crippen LogP contribution in [-0.2, 0) is 14.8 Å². The van der Waals surface area contributed by atoms with Crippen molar-refractivity contribution in [1.82, 2.24) is 20.3 Å². The first-order chi connectivity index (χ1) is 17.9. The standard InChI is InChI=1S/C29H34N4O4S/c1-19-16-20(2)25(21(3)17-19)38(36,37)33-18-29(4,5)32-27(34)26(33)31-28(35)30-24(22-12-8-6-9-13-22)23-14-10-7-11-15-23/h6-17,24,26H,18H2,1-5H3,(H,32,34)(H2,30,31,35). The van der Waals surface area contributed by atoms with Crippen molar-refractivity contribution in [3.63, 3.8) is 0 Å². The summed E-state index contributed by atoms with van der Waals surface area (Å²) >= 11 is 0. The molecule has 200 valence electrons. The molecule has 3 aromatic rings. The highest BCUT2D eigenvalue weighted by molar-refractivity contribution is 7.89. The van der Waals surface area contributed by atoms with Crippen LogP contribution >= 0.6 is 0 Å². The molecule has 4 rings (SSSR count). The molecule has 0 bridgehead atoms. The van der Waals surface area contributed by atoms with Crippen LogP contribution in [0.2, 0.25) is 0 Å². The Morgan fingerprint density at radius 2 is 1.45 bits per heavy atom. The first kappa shape index (κ1) is 27.3. The van der Waals surface area contributed by atoms with Gasteiger partial charge in [0.05, 0.1) is 10.9 Å². The lowest BCUT2D eigenvalue weighted by Gasteiger charge is -2.43. The lowest BCUT2D eigenvalue weighted by Crippen LogP contribution is -2.70. The van der Waals surface area contributed by atoms with Gasteiger partial charge in [0.25, 0.3) is 5.91 Å². The van der Waals surface area contributed by atoms with E-state index in [1.165, 1.54) is 0 Å². The SMILES string of the molecule is Cc1cc(C)c(S(=O)(=O)N2CC(C)(C)NC(=O)C2NC(=O)NC(c2ccccc2)c2ccccc2)c(C)c1. The second-order valence-electron chi connectivity index (χ2n) is 10.4. The van der Waals surface area contributed by atoms with Gasteiger partial charge in [0.15, 0.2) is 6.17 Å². The monoisotopic (exact) mass is 534 g/mol. The fourth-order valence-corrected chi connectivity index (χ4v) is 7.14. The van der Waals surface area contributed by atoms with Gasteiger partial charge in [-0.05, 0) is 56.9 Å². The van der Waals surface area contributed by atoms with Crippen LogP contribution in [0.15, 0.2) is 77.7 Å². The van der Waals surface area contributed by atoms with Gasteiger partial charge in [0.1, 0.15) is 0 Å². The van der Waals surface area contributed by atoms with Crippen LogP contribution in [0.3, 0.4) is 0 Å². The Labute approximate surface area is 224 Å². The molecule has 8 nitrogen and oxygen atoms in total. The summed E-state index contributed by atoms with van der Waals surface area (Å²) in [6.07, 6.45) is -1.43. The highest BCUT2D eigenvalue weighted by atomic mass is 32.2. The average molecular weight is 535 g/mol. The largest absolute Gasteiger partial charge is 0.347 e. The molecule has 1 fully saturated rings. The molecule has 38 heavy (non-hydrogen) atoms. The number of carbonyl (C=O) groups is 2. The summed E-state index contributed by atoms with van der Waals surface area (Å²) in [6.45, 7) is 8.86. The molecule has 9 heteroatoms. The van der Waals surface area contributed by atoms with Crippen molar-refractivity contribution in [2.45, 2.75) is 57.3 Å². The van der Waals surface area contributed by atoms with Crippen LogP contribution in [0.4, 0.5) is 4.79 Å². The van der Waals surface area contributed by atoms with Gasteiger partial charge in [-0.15, -0.1) is 0 Å². The predicted molar refractivity (Wildman–Crippen MR) is 147 cm³/mol. The second kappa shape index (κ2) is 10.6. The summed E-state index contributed by atoms with van der Waals surface area (Å²) in [6, 6.07) is 21.3. The minimum atomic E-state index is -4.14. The minimum Gasteiger partial charge on any atom is -0.347 e. The van der Waals surface area contributed by atoms with Crippen molar-refractivity contribution >= 4 is 22.0 Å². The Kier molecular flexibility index (Phi) is 7.62. The molecule has 1 saturated heterocycles. The number of hydrogen-bond donors (Lipinski definition) is 3. The molecule has 1 aliphatic heterocycles. The number of carbonyl (C=O) groups excluding carboxylic acids is 2. The number of sulfonamides is 1. The normalized spacial score (nSPS) is 17.6. The maximum Gasteiger partial charge on any atom is 0.317 e. The molecule has 1 unspecified atom stereocenters. The van der Waals surface area contributed by atoms with Crippen LogP contribution in [0.25, 0.3) is 0 Å². The van der Waals surface area contributed by atoms with Gasteiger partial charge >= 0.3 is 6.03 Å². The smallest absolute Gasteiger partial charge is 0.317 e.